The predicted octanol–water partition coefficient (Wildman–Crippen LogP) is 3.93. The quantitative estimate of drug-likeness (QED) is 0.574. The average Bonchev–Trinajstić information content (AvgIpc) is 2.87. The molecule has 1 aromatic rings. The Morgan fingerprint density at radius 1 is 1.06 bits per heavy atom. The van der Waals surface area contributed by atoms with Gasteiger partial charge >= 0.3 is 6.18 Å². The van der Waals surface area contributed by atoms with Gasteiger partial charge in [0.15, 0.2) is 0 Å². The summed E-state index contributed by atoms with van der Waals surface area (Å²) in [5, 5.41) is 6.24. The minimum absolute atomic E-state index is 0.00563. The molecule has 0 saturated carbocycles. The van der Waals surface area contributed by atoms with Crippen molar-refractivity contribution in [3.05, 3.63) is 28.8 Å². The number of piperazine rings is 1. The standard InChI is InChI=1S/C17H21ClF3N3O.C6H12N2O.C2H6/c18-12-7-11(17(19,20)21)8-13(9-12)23-15-4-2-6-24(16(15)25)14-3-1-5-22-10-14;1-7-2-4-8(6-9)5-3-7;1-2/h7-9,14-15,22-23H,1-6,10H2;6H,2-5H2,1H3;1-2H3. The molecule has 0 spiro atoms. The highest BCUT2D eigenvalue weighted by Crippen LogP contribution is 2.34. The van der Waals surface area contributed by atoms with Gasteiger partial charge in [-0.2, -0.15) is 13.2 Å². The third kappa shape index (κ3) is 9.12. The van der Waals surface area contributed by atoms with E-state index in [-0.39, 0.29) is 22.7 Å². The van der Waals surface area contributed by atoms with Crippen LogP contribution in [0, 0.1) is 0 Å². The Morgan fingerprint density at radius 3 is 2.33 bits per heavy atom. The van der Waals surface area contributed by atoms with E-state index < -0.39 is 17.8 Å². The van der Waals surface area contributed by atoms with E-state index in [1.54, 1.807) is 4.90 Å². The minimum Gasteiger partial charge on any atom is -0.374 e. The molecule has 0 aromatic heterocycles. The Bertz CT molecular complexity index is 828. The van der Waals surface area contributed by atoms with Crippen LogP contribution in [-0.2, 0) is 15.8 Å². The fourth-order valence-electron chi connectivity index (χ4n) is 4.46. The Kier molecular flexibility index (Phi) is 12.3. The normalized spacial score (nSPS) is 23.1. The van der Waals surface area contributed by atoms with Crippen LogP contribution in [0.1, 0.15) is 45.1 Å². The molecule has 3 aliphatic rings. The van der Waals surface area contributed by atoms with Gasteiger partial charge < -0.3 is 25.3 Å². The lowest BCUT2D eigenvalue weighted by atomic mass is 9.98. The summed E-state index contributed by atoms with van der Waals surface area (Å²) in [5.74, 6) is -0.0477. The molecule has 3 saturated heterocycles. The van der Waals surface area contributed by atoms with Crippen molar-refractivity contribution >= 4 is 29.6 Å². The third-order valence-corrected chi connectivity index (χ3v) is 6.66. The molecule has 4 rings (SSSR count). The van der Waals surface area contributed by atoms with Gasteiger partial charge in [0, 0.05) is 56.0 Å². The molecular formula is C25H39ClF3N5O2. The highest BCUT2D eigenvalue weighted by atomic mass is 35.5. The number of likely N-dealkylation sites (N-methyl/N-ethyl adjacent to an activating group) is 1. The number of piperidine rings is 2. The predicted molar refractivity (Wildman–Crippen MR) is 137 cm³/mol. The molecule has 7 nitrogen and oxygen atoms in total. The molecule has 3 aliphatic heterocycles. The van der Waals surface area contributed by atoms with E-state index in [0.29, 0.717) is 13.0 Å². The van der Waals surface area contributed by atoms with E-state index in [4.69, 9.17) is 11.6 Å². The highest BCUT2D eigenvalue weighted by molar-refractivity contribution is 6.31. The van der Waals surface area contributed by atoms with Crippen LogP contribution in [0.4, 0.5) is 18.9 Å². The Morgan fingerprint density at radius 2 is 1.75 bits per heavy atom. The number of hydrogen-bond acceptors (Lipinski definition) is 5. The van der Waals surface area contributed by atoms with E-state index in [9.17, 15) is 22.8 Å². The first-order valence-electron chi connectivity index (χ1n) is 12.7. The molecule has 1 aromatic carbocycles. The summed E-state index contributed by atoms with van der Waals surface area (Å²) >= 11 is 5.82. The molecular weight excluding hydrogens is 495 g/mol. The molecule has 3 fully saturated rings. The van der Waals surface area contributed by atoms with Crippen LogP contribution in [0.15, 0.2) is 18.2 Å². The fourth-order valence-corrected chi connectivity index (χ4v) is 4.70. The largest absolute Gasteiger partial charge is 0.416 e. The van der Waals surface area contributed by atoms with Crippen molar-refractivity contribution < 1.29 is 22.8 Å². The number of nitrogens with zero attached hydrogens (tertiary/aromatic N) is 3. The van der Waals surface area contributed by atoms with Gasteiger partial charge in [-0.3, -0.25) is 9.59 Å². The summed E-state index contributed by atoms with van der Waals surface area (Å²) in [7, 11) is 2.07. The zero-order chi connectivity index (χ0) is 26.7. The summed E-state index contributed by atoms with van der Waals surface area (Å²) in [6, 6.07) is 2.95. The van der Waals surface area contributed by atoms with Gasteiger partial charge in [0.25, 0.3) is 0 Å². The second kappa shape index (κ2) is 14.6. The summed E-state index contributed by atoms with van der Waals surface area (Å²) in [5.41, 5.74) is -0.596. The summed E-state index contributed by atoms with van der Waals surface area (Å²) in [4.78, 5) is 28.8. The van der Waals surface area contributed by atoms with Crippen LogP contribution >= 0.6 is 11.6 Å². The van der Waals surface area contributed by atoms with E-state index in [0.717, 1.165) is 77.1 Å². The maximum Gasteiger partial charge on any atom is 0.416 e. The first-order chi connectivity index (χ1) is 17.2. The molecule has 0 radical (unpaired) electrons. The molecule has 0 bridgehead atoms. The smallest absolute Gasteiger partial charge is 0.374 e. The molecule has 36 heavy (non-hydrogen) atoms. The number of carbonyl (C=O) groups excluding carboxylic acids is 2. The lowest BCUT2D eigenvalue weighted by Crippen LogP contribution is -2.55. The van der Waals surface area contributed by atoms with E-state index in [1.807, 2.05) is 18.7 Å². The van der Waals surface area contributed by atoms with Crippen molar-refractivity contribution in [1.82, 2.24) is 20.0 Å². The van der Waals surface area contributed by atoms with Crippen LogP contribution in [0.25, 0.3) is 0 Å². The van der Waals surface area contributed by atoms with Crippen molar-refractivity contribution in [3.63, 3.8) is 0 Å². The number of nitrogens with one attached hydrogen (secondary N) is 2. The lowest BCUT2D eigenvalue weighted by molar-refractivity contribution is -0.137. The van der Waals surface area contributed by atoms with Gasteiger partial charge in [0.2, 0.25) is 12.3 Å². The maximum atomic E-state index is 12.9. The molecule has 2 unspecified atom stereocenters. The van der Waals surface area contributed by atoms with Crippen LogP contribution in [0.3, 0.4) is 0 Å². The lowest BCUT2D eigenvalue weighted by Gasteiger charge is -2.40. The van der Waals surface area contributed by atoms with Crippen LogP contribution in [0.2, 0.25) is 5.02 Å². The Balaban J connectivity index is 0.000000347. The number of rotatable bonds is 4. The SMILES string of the molecule is CC.CN1CCN(C=O)CC1.O=C1C(Nc2cc(Cl)cc(C(F)(F)F)c2)CCCN1C1CCCNC1. The van der Waals surface area contributed by atoms with E-state index in [2.05, 4.69) is 22.6 Å². The van der Waals surface area contributed by atoms with Gasteiger partial charge in [-0.05, 0) is 57.5 Å². The van der Waals surface area contributed by atoms with Crippen molar-refractivity contribution in [1.29, 1.82) is 0 Å². The Labute approximate surface area is 217 Å². The molecule has 204 valence electrons. The Hall–Kier alpha value is -2.04. The molecule has 2 atom stereocenters. The third-order valence-electron chi connectivity index (χ3n) is 6.44. The second-order valence-corrected chi connectivity index (χ2v) is 9.48. The summed E-state index contributed by atoms with van der Waals surface area (Å²) in [6.45, 7) is 10.2. The van der Waals surface area contributed by atoms with Crippen molar-refractivity contribution in [2.75, 3.05) is 58.2 Å². The van der Waals surface area contributed by atoms with E-state index in [1.165, 1.54) is 6.07 Å². The first kappa shape index (κ1) is 30.2. The van der Waals surface area contributed by atoms with Gasteiger partial charge in [-0.25, -0.2) is 0 Å². The highest BCUT2D eigenvalue weighted by Gasteiger charge is 2.35. The molecule has 11 heteroatoms. The number of benzene rings is 1. The average molecular weight is 534 g/mol. The van der Waals surface area contributed by atoms with Gasteiger partial charge in [0.1, 0.15) is 6.04 Å². The van der Waals surface area contributed by atoms with Gasteiger partial charge in [-0.15, -0.1) is 0 Å². The number of halogens is 4. The maximum absolute atomic E-state index is 12.9. The minimum atomic E-state index is -4.47. The van der Waals surface area contributed by atoms with Crippen molar-refractivity contribution in [2.24, 2.45) is 0 Å². The number of hydrogen-bond donors (Lipinski definition) is 2. The van der Waals surface area contributed by atoms with Gasteiger partial charge in [-0.1, -0.05) is 25.4 Å². The number of anilines is 1. The topological polar surface area (TPSA) is 67.9 Å². The fraction of sp³-hybridized carbons (Fsp3) is 0.680. The molecule has 2 amide bonds. The summed E-state index contributed by atoms with van der Waals surface area (Å²) in [6.07, 6.45) is -0.142. The van der Waals surface area contributed by atoms with Gasteiger partial charge in [0.05, 0.1) is 5.56 Å². The zero-order valence-corrected chi connectivity index (χ0v) is 22.2. The number of carbonyl (C=O) groups is 2. The van der Waals surface area contributed by atoms with Crippen molar-refractivity contribution in [2.45, 2.75) is 57.8 Å². The second-order valence-electron chi connectivity index (χ2n) is 9.04. The van der Waals surface area contributed by atoms with Crippen LogP contribution < -0.4 is 10.6 Å². The van der Waals surface area contributed by atoms with Crippen molar-refractivity contribution in [3.8, 4) is 0 Å². The van der Waals surface area contributed by atoms with E-state index >= 15 is 0 Å². The summed E-state index contributed by atoms with van der Waals surface area (Å²) < 4.78 is 38.8. The first-order valence-corrected chi connectivity index (χ1v) is 13.1. The van der Waals surface area contributed by atoms with Crippen LogP contribution in [-0.4, -0.2) is 92.0 Å². The zero-order valence-electron chi connectivity index (χ0n) is 21.4. The monoisotopic (exact) mass is 533 g/mol. The molecule has 0 aliphatic carbocycles. The number of alkyl halides is 3. The molecule has 2 N–H and O–H groups in total. The molecule has 3 heterocycles. The van der Waals surface area contributed by atoms with Crippen LogP contribution in [0.5, 0.6) is 0 Å². The number of likely N-dealkylation sites (tertiary alicyclic amines) is 1. The number of amides is 2.